The second-order valence-electron chi connectivity index (χ2n) is 3.42. The van der Waals surface area contributed by atoms with Crippen LogP contribution in [0.5, 0.6) is 0 Å². The maximum Gasteiger partial charge on any atom is 0.210 e. The molecule has 6 heteroatoms. The van der Waals surface area contributed by atoms with E-state index in [4.69, 9.17) is 22.2 Å². The number of nitrogens with two attached hydrogens (primary N) is 1. The number of halogens is 1. The fourth-order valence-corrected chi connectivity index (χ4v) is 1.55. The van der Waals surface area contributed by atoms with Gasteiger partial charge in [-0.1, -0.05) is 23.7 Å². The number of aliphatic imine (C=N–C) groups is 1. The van der Waals surface area contributed by atoms with Crippen LogP contribution in [0.2, 0.25) is 5.02 Å². The monoisotopic (exact) mass is 256 g/mol. The van der Waals surface area contributed by atoms with Gasteiger partial charge in [-0.2, -0.15) is 0 Å². The van der Waals surface area contributed by atoms with E-state index in [9.17, 15) is 0 Å². The van der Waals surface area contributed by atoms with Gasteiger partial charge in [-0.15, -0.1) is 0 Å². The summed E-state index contributed by atoms with van der Waals surface area (Å²) in [6.07, 6.45) is 0. The van der Waals surface area contributed by atoms with Crippen LogP contribution in [0.4, 0.5) is 5.69 Å². The molecule has 1 rings (SSSR count). The summed E-state index contributed by atoms with van der Waals surface area (Å²) < 4.78 is 4.90. The molecule has 94 valence electrons. The lowest BCUT2D eigenvalue weighted by Crippen LogP contribution is -2.36. The summed E-state index contributed by atoms with van der Waals surface area (Å²) in [4.78, 5) is 4.20. The number of anilines is 1. The fraction of sp³-hybridized carbons (Fsp3) is 0.364. The number of nitrogens with zero attached hydrogens (tertiary/aromatic N) is 1. The van der Waals surface area contributed by atoms with Crippen molar-refractivity contribution >= 4 is 23.2 Å². The van der Waals surface area contributed by atoms with Crippen LogP contribution in [0.1, 0.15) is 5.56 Å². The first kappa shape index (κ1) is 13.8. The average Bonchev–Trinajstić information content (AvgIpc) is 2.32. The van der Waals surface area contributed by atoms with Gasteiger partial charge >= 0.3 is 0 Å². The molecule has 0 aliphatic heterocycles. The number of nitrogens with one attached hydrogen (secondary N) is 2. The smallest absolute Gasteiger partial charge is 0.210 e. The summed E-state index contributed by atoms with van der Waals surface area (Å²) in [7, 11) is 1.62. The normalized spacial score (nSPS) is 11.4. The summed E-state index contributed by atoms with van der Waals surface area (Å²) in [5.74, 6) is 5.83. The Morgan fingerprint density at radius 1 is 1.53 bits per heavy atom. The first-order valence-corrected chi connectivity index (χ1v) is 5.59. The molecule has 0 aliphatic carbocycles. The van der Waals surface area contributed by atoms with E-state index in [1.165, 1.54) is 0 Å². The zero-order chi connectivity index (χ0) is 12.7. The summed E-state index contributed by atoms with van der Waals surface area (Å²) in [5, 5.41) is 3.68. The molecule has 0 aromatic heterocycles. The fourth-order valence-electron chi connectivity index (χ4n) is 1.28. The molecule has 1 aromatic rings. The highest BCUT2D eigenvalue weighted by Gasteiger charge is 2.05. The van der Waals surface area contributed by atoms with E-state index in [1.807, 2.05) is 19.1 Å². The van der Waals surface area contributed by atoms with Crippen molar-refractivity contribution in [2.24, 2.45) is 10.8 Å². The van der Waals surface area contributed by atoms with Crippen molar-refractivity contribution in [3.63, 3.8) is 0 Å². The third-order valence-electron chi connectivity index (χ3n) is 2.17. The van der Waals surface area contributed by atoms with E-state index in [-0.39, 0.29) is 0 Å². The van der Waals surface area contributed by atoms with Crippen molar-refractivity contribution in [1.82, 2.24) is 5.43 Å². The van der Waals surface area contributed by atoms with Crippen molar-refractivity contribution in [2.75, 3.05) is 25.6 Å². The zero-order valence-electron chi connectivity index (χ0n) is 9.96. The molecule has 0 atom stereocenters. The second kappa shape index (κ2) is 7.11. The number of guanidine groups is 1. The van der Waals surface area contributed by atoms with Crippen molar-refractivity contribution in [3.8, 4) is 0 Å². The SMILES string of the molecule is COCCN=C(NN)Nc1c(C)cccc1Cl. The third-order valence-corrected chi connectivity index (χ3v) is 2.48. The first-order chi connectivity index (χ1) is 8.19. The number of rotatable bonds is 4. The minimum absolute atomic E-state index is 0.457. The maximum absolute atomic E-state index is 6.08. The van der Waals surface area contributed by atoms with Crippen LogP contribution in [0, 0.1) is 6.92 Å². The van der Waals surface area contributed by atoms with E-state index < -0.39 is 0 Å². The van der Waals surface area contributed by atoms with Gasteiger partial charge in [0.1, 0.15) is 0 Å². The maximum atomic E-state index is 6.08. The highest BCUT2D eigenvalue weighted by molar-refractivity contribution is 6.33. The Hall–Kier alpha value is -1.30. The number of hydrogen-bond acceptors (Lipinski definition) is 3. The molecule has 0 spiro atoms. The highest BCUT2D eigenvalue weighted by atomic mass is 35.5. The quantitative estimate of drug-likeness (QED) is 0.251. The molecule has 0 saturated heterocycles. The number of benzene rings is 1. The lowest BCUT2D eigenvalue weighted by Gasteiger charge is -2.12. The first-order valence-electron chi connectivity index (χ1n) is 5.21. The lowest BCUT2D eigenvalue weighted by atomic mass is 10.2. The Bertz CT molecular complexity index is 375. The van der Waals surface area contributed by atoms with Crippen molar-refractivity contribution in [2.45, 2.75) is 6.92 Å². The van der Waals surface area contributed by atoms with Crippen LogP contribution < -0.4 is 16.6 Å². The largest absolute Gasteiger partial charge is 0.383 e. The number of aryl methyl sites for hydroxylation is 1. The van der Waals surface area contributed by atoms with E-state index >= 15 is 0 Å². The molecule has 0 fully saturated rings. The Labute approximate surface area is 106 Å². The van der Waals surface area contributed by atoms with Gasteiger partial charge in [-0.25, -0.2) is 10.8 Å². The van der Waals surface area contributed by atoms with Crippen LogP contribution in [-0.4, -0.2) is 26.2 Å². The molecule has 0 unspecified atom stereocenters. The molecule has 0 bridgehead atoms. The molecular formula is C11H17ClN4O. The molecule has 0 amide bonds. The van der Waals surface area contributed by atoms with Gasteiger partial charge in [0, 0.05) is 7.11 Å². The van der Waals surface area contributed by atoms with Gasteiger partial charge in [-0.3, -0.25) is 5.43 Å². The molecule has 17 heavy (non-hydrogen) atoms. The number of methoxy groups -OCH3 is 1. The molecular weight excluding hydrogens is 240 g/mol. The molecule has 1 aromatic carbocycles. The van der Waals surface area contributed by atoms with Gasteiger partial charge in [0.25, 0.3) is 0 Å². The number of hydrogen-bond donors (Lipinski definition) is 3. The minimum Gasteiger partial charge on any atom is -0.383 e. The van der Waals surface area contributed by atoms with Crippen LogP contribution in [0.15, 0.2) is 23.2 Å². The predicted octanol–water partition coefficient (Wildman–Crippen LogP) is 1.53. The van der Waals surface area contributed by atoms with Gasteiger partial charge < -0.3 is 10.1 Å². The average molecular weight is 257 g/mol. The number of para-hydroxylation sites is 1. The summed E-state index contributed by atoms with van der Waals surface area (Å²) >= 11 is 6.08. The number of ether oxygens (including phenoxy) is 1. The van der Waals surface area contributed by atoms with E-state index in [0.717, 1.165) is 11.3 Å². The standard InChI is InChI=1S/C11H17ClN4O/c1-8-4-3-5-9(12)10(8)15-11(16-13)14-6-7-17-2/h3-5H,6-7,13H2,1-2H3,(H2,14,15,16). The summed E-state index contributed by atoms with van der Waals surface area (Å²) in [6, 6.07) is 5.65. The van der Waals surface area contributed by atoms with Crippen molar-refractivity contribution in [3.05, 3.63) is 28.8 Å². The van der Waals surface area contributed by atoms with Gasteiger partial charge in [0.2, 0.25) is 5.96 Å². The minimum atomic E-state index is 0.457. The molecule has 0 heterocycles. The van der Waals surface area contributed by atoms with Crippen molar-refractivity contribution in [1.29, 1.82) is 0 Å². The Morgan fingerprint density at radius 3 is 2.88 bits per heavy atom. The Morgan fingerprint density at radius 2 is 2.29 bits per heavy atom. The molecule has 0 saturated carbocycles. The van der Waals surface area contributed by atoms with Gasteiger partial charge in [0.05, 0.1) is 23.9 Å². The summed E-state index contributed by atoms with van der Waals surface area (Å²) in [5.41, 5.74) is 4.30. The number of hydrazine groups is 1. The topological polar surface area (TPSA) is 71.7 Å². The highest BCUT2D eigenvalue weighted by Crippen LogP contribution is 2.24. The summed E-state index contributed by atoms with van der Waals surface area (Å²) in [6.45, 7) is 3.01. The Balaban J connectivity index is 2.77. The van der Waals surface area contributed by atoms with Gasteiger partial charge in [-0.05, 0) is 18.6 Å². The predicted molar refractivity (Wildman–Crippen MR) is 71.3 cm³/mol. The van der Waals surface area contributed by atoms with Gasteiger partial charge in [0.15, 0.2) is 0 Å². The third kappa shape index (κ3) is 4.22. The van der Waals surface area contributed by atoms with Crippen LogP contribution in [0.25, 0.3) is 0 Å². The molecule has 4 N–H and O–H groups in total. The molecule has 0 radical (unpaired) electrons. The van der Waals surface area contributed by atoms with E-state index in [1.54, 1.807) is 13.2 Å². The zero-order valence-corrected chi connectivity index (χ0v) is 10.7. The Kier molecular flexibility index (Phi) is 5.76. The second-order valence-corrected chi connectivity index (χ2v) is 3.83. The molecule has 5 nitrogen and oxygen atoms in total. The van der Waals surface area contributed by atoms with Crippen LogP contribution >= 0.6 is 11.6 Å². The van der Waals surface area contributed by atoms with Crippen LogP contribution in [-0.2, 0) is 4.74 Å². The van der Waals surface area contributed by atoms with Crippen molar-refractivity contribution < 1.29 is 4.74 Å². The lowest BCUT2D eigenvalue weighted by molar-refractivity contribution is 0.208. The van der Waals surface area contributed by atoms with Crippen LogP contribution in [0.3, 0.4) is 0 Å². The molecule has 0 aliphatic rings. The van der Waals surface area contributed by atoms with E-state index in [2.05, 4.69) is 15.7 Å². The van der Waals surface area contributed by atoms with E-state index in [0.29, 0.717) is 24.1 Å².